The molecule has 1 aliphatic heterocycles. The minimum Gasteiger partial charge on any atom is -0.304 e. The molecule has 3 nitrogen and oxygen atoms in total. The zero-order chi connectivity index (χ0) is 13.3. The lowest BCUT2D eigenvalue weighted by molar-refractivity contribution is -0.114. The highest BCUT2D eigenvalue weighted by atomic mass is 79.9. The molecule has 0 bridgehead atoms. The molecule has 0 radical (unpaired) electrons. The molecule has 4 heteroatoms. The number of ketones is 1. The van der Waals surface area contributed by atoms with Gasteiger partial charge in [-0.25, -0.2) is 0 Å². The number of unbranched alkanes of at least 4 members (excludes halogenated alkanes) is 1. The van der Waals surface area contributed by atoms with Crippen LogP contribution in [0.25, 0.3) is 0 Å². The van der Waals surface area contributed by atoms with Gasteiger partial charge in [0.25, 0.3) is 11.7 Å². The number of amides is 1. The van der Waals surface area contributed by atoms with Gasteiger partial charge in [-0.3, -0.25) is 9.59 Å². The van der Waals surface area contributed by atoms with Crippen LogP contribution < -0.4 is 4.90 Å². The van der Waals surface area contributed by atoms with Crippen molar-refractivity contribution < 1.29 is 9.59 Å². The summed E-state index contributed by atoms with van der Waals surface area (Å²) in [7, 11) is 0. The summed E-state index contributed by atoms with van der Waals surface area (Å²) in [6.45, 7) is 4.44. The number of nitrogens with zero attached hydrogens (tertiary/aromatic N) is 1. The van der Waals surface area contributed by atoms with Gasteiger partial charge in [-0.2, -0.15) is 0 Å². The van der Waals surface area contributed by atoms with Crippen molar-refractivity contribution in [2.24, 2.45) is 0 Å². The summed E-state index contributed by atoms with van der Waals surface area (Å²) >= 11 is 3.37. The van der Waals surface area contributed by atoms with Crippen LogP contribution in [0.4, 0.5) is 5.69 Å². The van der Waals surface area contributed by atoms with Gasteiger partial charge >= 0.3 is 0 Å². The molecule has 1 aromatic carbocycles. The highest BCUT2D eigenvalue weighted by molar-refractivity contribution is 9.09. The Bertz CT molecular complexity index is 511. The van der Waals surface area contributed by atoms with Gasteiger partial charge in [0.1, 0.15) is 0 Å². The number of benzene rings is 1. The lowest BCUT2D eigenvalue weighted by atomic mass is 10.0. The number of hydrogen-bond acceptors (Lipinski definition) is 2. The van der Waals surface area contributed by atoms with Crippen molar-refractivity contribution in [2.45, 2.75) is 26.7 Å². The van der Waals surface area contributed by atoms with Gasteiger partial charge in [-0.05, 0) is 37.8 Å². The number of rotatable bonds is 4. The second kappa shape index (κ2) is 5.22. The summed E-state index contributed by atoms with van der Waals surface area (Å²) < 4.78 is 0. The maximum Gasteiger partial charge on any atom is 0.299 e. The van der Waals surface area contributed by atoms with Crippen LogP contribution in [0.1, 0.15) is 34.3 Å². The predicted octanol–water partition coefficient (Wildman–Crippen LogP) is 3.01. The molecule has 18 heavy (non-hydrogen) atoms. The lowest BCUT2D eigenvalue weighted by Gasteiger charge is -2.18. The molecular weight excluding hydrogens is 294 g/mol. The van der Waals surface area contributed by atoms with Crippen LogP contribution in [0.3, 0.4) is 0 Å². The Morgan fingerprint density at radius 3 is 2.44 bits per heavy atom. The van der Waals surface area contributed by atoms with Crippen molar-refractivity contribution in [1.82, 2.24) is 0 Å². The zero-order valence-electron chi connectivity index (χ0n) is 10.6. The first-order chi connectivity index (χ1) is 8.57. The molecule has 0 aromatic heterocycles. The molecule has 1 heterocycles. The van der Waals surface area contributed by atoms with E-state index in [1.807, 2.05) is 26.0 Å². The van der Waals surface area contributed by atoms with E-state index in [0.717, 1.165) is 35.0 Å². The molecule has 0 N–H and O–H groups in total. The molecule has 96 valence electrons. The fourth-order valence-electron chi connectivity index (χ4n) is 2.34. The van der Waals surface area contributed by atoms with Gasteiger partial charge in [0, 0.05) is 11.9 Å². The van der Waals surface area contributed by atoms with Gasteiger partial charge in [0.15, 0.2) is 0 Å². The van der Waals surface area contributed by atoms with Crippen LogP contribution in [-0.4, -0.2) is 23.6 Å². The van der Waals surface area contributed by atoms with Gasteiger partial charge < -0.3 is 4.90 Å². The van der Waals surface area contributed by atoms with Crippen LogP contribution in [0.15, 0.2) is 12.1 Å². The number of anilines is 1. The van der Waals surface area contributed by atoms with E-state index in [-0.39, 0.29) is 11.7 Å². The molecular formula is C14H16BrNO2. The Balaban J connectivity index is 2.39. The molecule has 0 saturated heterocycles. The molecule has 1 aromatic rings. The minimum absolute atomic E-state index is 0.356. The fourth-order valence-corrected chi connectivity index (χ4v) is 2.74. The third-order valence-electron chi connectivity index (χ3n) is 3.29. The Hall–Kier alpha value is -1.16. The molecule has 1 aliphatic rings. The van der Waals surface area contributed by atoms with Crippen molar-refractivity contribution in [3.63, 3.8) is 0 Å². The van der Waals surface area contributed by atoms with Crippen LogP contribution in [0.5, 0.6) is 0 Å². The Kier molecular flexibility index (Phi) is 3.85. The van der Waals surface area contributed by atoms with E-state index in [2.05, 4.69) is 15.9 Å². The number of alkyl halides is 1. The highest BCUT2D eigenvalue weighted by Gasteiger charge is 2.37. The van der Waals surface area contributed by atoms with E-state index in [1.165, 1.54) is 0 Å². The van der Waals surface area contributed by atoms with Crippen molar-refractivity contribution in [3.05, 3.63) is 28.8 Å². The van der Waals surface area contributed by atoms with Crippen LogP contribution >= 0.6 is 15.9 Å². The number of Topliss-reactive ketones (excluding diaryl/α,β-unsaturated/α-hetero) is 1. The Morgan fingerprint density at radius 2 is 1.78 bits per heavy atom. The molecule has 0 atom stereocenters. The van der Waals surface area contributed by atoms with Crippen LogP contribution in [-0.2, 0) is 4.79 Å². The number of halogens is 1. The number of aryl methyl sites for hydroxylation is 2. The summed E-state index contributed by atoms with van der Waals surface area (Å²) in [6, 6.07) is 3.87. The summed E-state index contributed by atoms with van der Waals surface area (Å²) in [6.07, 6.45) is 1.90. The topological polar surface area (TPSA) is 37.4 Å². The number of fused-ring (bicyclic) bond motifs is 1. The van der Waals surface area contributed by atoms with Gasteiger partial charge in [0.05, 0.1) is 11.3 Å². The Morgan fingerprint density at radius 1 is 1.11 bits per heavy atom. The average Bonchev–Trinajstić information content (AvgIpc) is 2.60. The molecule has 2 rings (SSSR count). The normalized spacial score (nSPS) is 14.3. The largest absolute Gasteiger partial charge is 0.304 e. The second-order valence-electron chi connectivity index (χ2n) is 4.60. The van der Waals surface area contributed by atoms with Gasteiger partial charge in [0.2, 0.25) is 0 Å². The zero-order valence-corrected chi connectivity index (χ0v) is 12.2. The van der Waals surface area contributed by atoms with E-state index in [1.54, 1.807) is 4.90 Å². The molecule has 1 amide bonds. The first-order valence-electron chi connectivity index (χ1n) is 6.10. The molecule has 0 spiro atoms. The van der Waals surface area contributed by atoms with E-state index in [0.29, 0.717) is 12.1 Å². The number of carbonyl (C=O) groups excluding carboxylic acids is 2. The monoisotopic (exact) mass is 309 g/mol. The van der Waals surface area contributed by atoms with Gasteiger partial charge in [-0.1, -0.05) is 28.1 Å². The van der Waals surface area contributed by atoms with Crippen LogP contribution in [0.2, 0.25) is 0 Å². The maximum absolute atomic E-state index is 12.0. The fraction of sp³-hybridized carbons (Fsp3) is 0.429. The van der Waals surface area contributed by atoms with E-state index in [9.17, 15) is 9.59 Å². The number of hydrogen-bond donors (Lipinski definition) is 0. The molecule has 0 saturated carbocycles. The highest BCUT2D eigenvalue weighted by Crippen LogP contribution is 2.34. The van der Waals surface area contributed by atoms with Crippen molar-refractivity contribution in [2.75, 3.05) is 16.8 Å². The minimum atomic E-state index is -0.378. The van der Waals surface area contributed by atoms with Crippen LogP contribution in [0, 0.1) is 13.8 Å². The maximum atomic E-state index is 12.0. The first-order valence-corrected chi connectivity index (χ1v) is 7.22. The third kappa shape index (κ3) is 2.09. The molecule has 0 unspecified atom stereocenters. The standard InChI is InChI=1S/C14H16BrNO2/c1-9-5-6-10(2)12-11(9)13(17)14(18)16(12)8-4-3-7-15/h5-6H,3-4,7-8H2,1-2H3. The smallest absolute Gasteiger partial charge is 0.299 e. The Labute approximate surface area is 115 Å². The van der Waals surface area contributed by atoms with Crippen molar-refractivity contribution >= 4 is 33.3 Å². The first kappa shape index (κ1) is 13.3. The quantitative estimate of drug-likeness (QED) is 0.487. The SMILES string of the molecule is Cc1ccc(C)c2c1C(=O)C(=O)N2CCCCBr. The summed E-state index contributed by atoms with van der Waals surface area (Å²) in [4.78, 5) is 25.7. The van der Waals surface area contributed by atoms with E-state index < -0.39 is 0 Å². The van der Waals surface area contributed by atoms with E-state index in [4.69, 9.17) is 0 Å². The third-order valence-corrected chi connectivity index (χ3v) is 3.85. The van der Waals surface area contributed by atoms with Crippen molar-refractivity contribution in [3.8, 4) is 0 Å². The molecule has 0 fully saturated rings. The summed E-state index contributed by atoms with van der Waals surface area (Å²) in [5.74, 6) is -0.734. The second-order valence-corrected chi connectivity index (χ2v) is 5.40. The summed E-state index contributed by atoms with van der Waals surface area (Å²) in [5, 5.41) is 0.919. The average molecular weight is 310 g/mol. The van der Waals surface area contributed by atoms with Crippen molar-refractivity contribution in [1.29, 1.82) is 0 Å². The number of carbonyl (C=O) groups is 2. The van der Waals surface area contributed by atoms with E-state index >= 15 is 0 Å². The van der Waals surface area contributed by atoms with Gasteiger partial charge in [-0.15, -0.1) is 0 Å². The predicted molar refractivity (Wildman–Crippen MR) is 75.6 cm³/mol. The lowest BCUT2D eigenvalue weighted by Crippen LogP contribution is -2.31. The summed E-state index contributed by atoms with van der Waals surface area (Å²) in [5.41, 5.74) is 3.30. The molecule has 0 aliphatic carbocycles.